The molecule has 0 aromatic carbocycles. The van der Waals surface area contributed by atoms with Crippen LogP contribution in [0.25, 0.3) is 10.9 Å². The topological polar surface area (TPSA) is 107 Å². The molecule has 9 nitrogen and oxygen atoms in total. The SMILES string of the molecule is COC(=O)CCCCN(N)c1nc(OC[C@@]23CCCN2C[C@H](F)C3)nc2c(F)c(Cl)ncc12. The maximum atomic E-state index is 14.8. The number of rotatable bonds is 9. The minimum absolute atomic E-state index is 0.0596. The van der Waals surface area contributed by atoms with Gasteiger partial charge in [-0.1, -0.05) is 11.6 Å². The van der Waals surface area contributed by atoms with Gasteiger partial charge in [-0.3, -0.25) is 14.7 Å². The van der Waals surface area contributed by atoms with E-state index in [-0.39, 0.29) is 46.9 Å². The number of unbranched alkanes of at least 4 members (excludes halogenated alkanes) is 1. The molecule has 2 fully saturated rings. The van der Waals surface area contributed by atoms with E-state index >= 15 is 0 Å². The zero-order valence-electron chi connectivity index (χ0n) is 18.4. The van der Waals surface area contributed by atoms with Crippen LogP contribution >= 0.6 is 11.6 Å². The Morgan fingerprint density at radius 1 is 1.42 bits per heavy atom. The summed E-state index contributed by atoms with van der Waals surface area (Å²) in [5, 5.41) is 1.30. The number of pyridine rings is 1. The number of hydrazine groups is 1. The smallest absolute Gasteiger partial charge is 0.319 e. The van der Waals surface area contributed by atoms with Gasteiger partial charge in [-0.15, -0.1) is 0 Å². The molecular formula is C21H27ClF2N6O3. The third-order valence-electron chi connectivity index (χ3n) is 6.36. The van der Waals surface area contributed by atoms with Gasteiger partial charge in [-0.2, -0.15) is 9.97 Å². The quantitative estimate of drug-likeness (QED) is 0.189. The van der Waals surface area contributed by atoms with E-state index in [4.69, 9.17) is 22.2 Å². The number of aromatic nitrogens is 3. The van der Waals surface area contributed by atoms with Crippen molar-refractivity contribution >= 4 is 34.3 Å². The molecule has 2 aliphatic rings. The van der Waals surface area contributed by atoms with Crippen LogP contribution in [0.15, 0.2) is 6.20 Å². The second kappa shape index (κ2) is 9.86. The first kappa shape index (κ1) is 23.8. The molecule has 2 atom stereocenters. The monoisotopic (exact) mass is 484 g/mol. The van der Waals surface area contributed by atoms with Gasteiger partial charge in [-0.05, 0) is 32.2 Å². The number of carbonyl (C=O) groups excluding carboxylic acids is 1. The highest BCUT2D eigenvalue weighted by Gasteiger charge is 2.49. The van der Waals surface area contributed by atoms with Crippen LogP contribution in [0.2, 0.25) is 5.15 Å². The number of ether oxygens (including phenoxy) is 2. The summed E-state index contributed by atoms with van der Waals surface area (Å²) in [4.78, 5) is 25.9. The van der Waals surface area contributed by atoms with Gasteiger partial charge in [0.15, 0.2) is 16.8 Å². The molecule has 0 aliphatic carbocycles. The molecule has 4 rings (SSSR count). The lowest BCUT2D eigenvalue weighted by atomic mass is 9.95. The highest BCUT2D eigenvalue weighted by atomic mass is 35.5. The molecule has 2 saturated heterocycles. The van der Waals surface area contributed by atoms with Gasteiger partial charge in [0.2, 0.25) is 0 Å². The summed E-state index contributed by atoms with van der Waals surface area (Å²) in [6.07, 6.45) is 4.05. The molecule has 0 bridgehead atoms. The Balaban J connectivity index is 1.56. The molecule has 0 unspecified atom stereocenters. The second-order valence-electron chi connectivity index (χ2n) is 8.55. The van der Waals surface area contributed by atoms with Crippen molar-refractivity contribution in [3.8, 4) is 6.01 Å². The lowest BCUT2D eigenvalue weighted by Crippen LogP contribution is -2.43. The highest BCUT2D eigenvalue weighted by molar-refractivity contribution is 6.30. The van der Waals surface area contributed by atoms with Gasteiger partial charge in [0.1, 0.15) is 18.3 Å². The van der Waals surface area contributed by atoms with Gasteiger partial charge in [0.05, 0.1) is 18.0 Å². The molecule has 0 saturated carbocycles. The van der Waals surface area contributed by atoms with Crippen LogP contribution in [0.5, 0.6) is 6.01 Å². The zero-order chi connectivity index (χ0) is 23.6. The van der Waals surface area contributed by atoms with Crippen molar-refractivity contribution in [1.82, 2.24) is 19.9 Å². The number of alkyl halides is 1. The first-order chi connectivity index (χ1) is 15.8. The fourth-order valence-electron chi connectivity index (χ4n) is 4.69. The molecule has 4 heterocycles. The average molecular weight is 485 g/mol. The Hall–Kier alpha value is -2.37. The predicted molar refractivity (Wildman–Crippen MR) is 118 cm³/mol. The number of methoxy groups -OCH3 is 1. The first-order valence-electron chi connectivity index (χ1n) is 11.0. The van der Waals surface area contributed by atoms with Crippen molar-refractivity contribution < 1.29 is 23.0 Å². The van der Waals surface area contributed by atoms with Crippen molar-refractivity contribution in [2.45, 2.75) is 50.2 Å². The minimum atomic E-state index is -0.895. The number of hydrogen-bond donors (Lipinski definition) is 1. The van der Waals surface area contributed by atoms with Gasteiger partial charge < -0.3 is 9.47 Å². The Morgan fingerprint density at radius 3 is 3.03 bits per heavy atom. The summed E-state index contributed by atoms with van der Waals surface area (Å²) in [6.45, 7) is 1.76. The number of nitrogens with two attached hydrogens (primary N) is 1. The van der Waals surface area contributed by atoms with E-state index < -0.39 is 17.5 Å². The maximum absolute atomic E-state index is 14.8. The van der Waals surface area contributed by atoms with Crippen molar-refractivity contribution in [3.63, 3.8) is 0 Å². The lowest BCUT2D eigenvalue weighted by molar-refractivity contribution is -0.140. The number of hydrogen-bond acceptors (Lipinski definition) is 9. The molecule has 2 aromatic heterocycles. The van der Waals surface area contributed by atoms with Crippen LogP contribution in [0.3, 0.4) is 0 Å². The van der Waals surface area contributed by atoms with Crippen molar-refractivity contribution in [3.05, 3.63) is 17.2 Å². The summed E-state index contributed by atoms with van der Waals surface area (Å²) in [7, 11) is 1.34. The van der Waals surface area contributed by atoms with Crippen LogP contribution in [-0.2, 0) is 9.53 Å². The fraction of sp³-hybridized carbons (Fsp3) is 0.619. The standard InChI is InChI=1S/C21H27ClF2N6O3/c1-32-15(31)5-2-3-8-30(25)19-14-10-26-18(22)16(24)17(14)27-20(28-19)33-12-21-6-4-7-29(21)11-13(23)9-21/h10,13H,2-9,11-12,25H2,1H3/t13-,21+/m1/s1. The van der Waals surface area contributed by atoms with E-state index in [1.807, 2.05) is 0 Å². The van der Waals surface area contributed by atoms with Gasteiger partial charge in [-0.25, -0.2) is 19.6 Å². The summed E-state index contributed by atoms with van der Waals surface area (Å²) in [5.74, 6) is 5.35. The molecule has 2 N–H and O–H groups in total. The Labute approximate surface area is 195 Å². The van der Waals surface area contributed by atoms with E-state index in [1.165, 1.54) is 18.3 Å². The van der Waals surface area contributed by atoms with E-state index in [1.54, 1.807) is 0 Å². The summed E-state index contributed by atoms with van der Waals surface area (Å²) >= 11 is 5.86. The van der Waals surface area contributed by atoms with E-state index in [2.05, 4.69) is 24.6 Å². The van der Waals surface area contributed by atoms with E-state index in [9.17, 15) is 13.6 Å². The fourth-order valence-corrected chi connectivity index (χ4v) is 4.83. The van der Waals surface area contributed by atoms with Crippen LogP contribution in [0.1, 0.15) is 38.5 Å². The van der Waals surface area contributed by atoms with Crippen LogP contribution in [-0.4, -0.2) is 70.9 Å². The van der Waals surface area contributed by atoms with Crippen molar-refractivity contribution in [1.29, 1.82) is 0 Å². The second-order valence-corrected chi connectivity index (χ2v) is 8.90. The molecule has 0 amide bonds. The van der Waals surface area contributed by atoms with E-state index in [0.717, 1.165) is 19.4 Å². The van der Waals surface area contributed by atoms with Gasteiger partial charge in [0, 0.05) is 32.1 Å². The van der Waals surface area contributed by atoms with Crippen LogP contribution < -0.4 is 15.6 Å². The molecule has 180 valence electrons. The third-order valence-corrected chi connectivity index (χ3v) is 6.63. The van der Waals surface area contributed by atoms with Crippen LogP contribution in [0, 0.1) is 5.82 Å². The number of carbonyl (C=O) groups is 1. The number of halogens is 3. The summed E-state index contributed by atoms with van der Waals surface area (Å²) in [5.41, 5.74) is -0.460. The third kappa shape index (κ3) is 4.95. The molecule has 2 aliphatic heterocycles. The van der Waals surface area contributed by atoms with Crippen LogP contribution in [0.4, 0.5) is 14.6 Å². The normalized spacial score (nSPS) is 22.5. The zero-order valence-corrected chi connectivity index (χ0v) is 19.2. The number of fused-ring (bicyclic) bond motifs is 2. The lowest BCUT2D eigenvalue weighted by Gasteiger charge is -2.31. The largest absolute Gasteiger partial charge is 0.469 e. The number of nitrogens with zero attached hydrogens (tertiary/aromatic N) is 5. The number of esters is 1. The Kier molecular flexibility index (Phi) is 7.10. The maximum Gasteiger partial charge on any atom is 0.319 e. The summed E-state index contributed by atoms with van der Waals surface area (Å²) in [6, 6.07) is -0.0628. The molecule has 0 spiro atoms. The van der Waals surface area contributed by atoms with E-state index in [0.29, 0.717) is 32.4 Å². The first-order valence-corrected chi connectivity index (χ1v) is 11.3. The van der Waals surface area contributed by atoms with Gasteiger partial charge in [0.25, 0.3) is 0 Å². The average Bonchev–Trinajstić information content (AvgIpc) is 3.32. The Bertz CT molecular complexity index is 1030. The summed E-state index contributed by atoms with van der Waals surface area (Å²) < 4.78 is 39.4. The van der Waals surface area contributed by atoms with Crippen molar-refractivity contribution in [2.24, 2.45) is 5.84 Å². The van der Waals surface area contributed by atoms with Crippen molar-refractivity contribution in [2.75, 3.05) is 38.4 Å². The predicted octanol–water partition coefficient (Wildman–Crippen LogP) is 2.80. The molecule has 12 heteroatoms. The molecular weight excluding hydrogens is 458 g/mol. The minimum Gasteiger partial charge on any atom is -0.469 e. The van der Waals surface area contributed by atoms with Gasteiger partial charge >= 0.3 is 12.0 Å². The number of anilines is 1. The highest BCUT2D eigenvalue weighted by Crippen LogP contribution is 2.40. The molecule has 0 radical (unpaired) electrons. The Morgan fingerprint density at radius 2 is 2.24 bits per heavy atom. The molecule has 33 heavy (non-hydrogen) atoms. The molecule has 2 aromatic rings.